The summed E-state index contributed by atoms with van der Waals surface area (Å²) in [5.74, 6) is 0.491. The van der Waals surface area contributed by atoms with Crippen molar-refractivity contribution < 1.29 is 4.79 Å². The van der Waals surface area contributed by atoms with E-state index in [9.17, 15) is 4.79 Å². The van der Waals surface area contributed by atoms with Crippen molar-refractivity contribution in [3.05, 3.63) is 71.1 Å². The van der Waals surface area contributed by atoms with Gasteiger partial charge >= 0.3 is 0 Å². The quantitative estimate of drug-likeness (QED) is 0.774. The smallest absolute Gasteiger partial charge is 0.273 e. The second-order valence-corrected chi connectivity index (χ2v) is 6.14. The highest BCUT2D eigenvalue weighted by atomic mass is 16.2. The van der Waals surface area contributed by atoms with Crippen molar-refractivity contribution in [3.63, 3.8) is 0 Å². The molecule has 25 heavy (non-hydrogen) atoms. The van der Waals surface area contributed by atoms with Crippen LogP contribution in [0.25, 0.3) is 0 Å². The van der Waals surface area contributed by atoms with Crippen LogP contribution < -0.4 is 0 Å². The molecule has 0 fully saturated rings. The highest BCUT2D eigenvalue weighted by molar-refractivity contribution is 5.93. The van der Waals surface area contributed by atoms with Gasteiger partial charge in [0, 0.05) is 36.7 Å². The number of aryl methyl sites for hydroxylation is 2. The van der Waals surface area contributed by atoms with Gasteiger partial charge < -0.3 is 9.88 Å². The highest BCUT2D eigenvalue weighted by Gasteiger charge is 2.35. The van der Waals surface area contributed by atoms with Crippen molar-refractivity contribution in [2.24, 2.45) is 0 Å². The molecule has 0 saturated heterocycles. The third-order valence-electron chi connectivity index (χ3n) is 4.39. The molecule has 4 rings (SSSR count). The van der Waals surface area contributed by atoms with Gasteiger partial charge in [-0.15, -0.1) is 0 Å². The van der Waals surface area contributed by atoms with Crippen molar-refractivity contribution in [1.82, 2.24) is 29.8 Å². The lowest BCUT2D eigenvalue weighted by molar-refractivity contribution is 0.0684. The molecular formula is C18H18N6O. The Hall–Kier alpha value is -3.09. The first-order valence-electron chi connectivity index (χ1n) is 8.19. The number of nitrogens with one attached hydrogen (secondary N) is 1. The van der Waals surface area contributed by atoms with Gasteiger partial charge in [0.05, 0.1) is 12.0 Å². The lowest BCUT2D eigenvalue weighted by atomic mass is 9.96. The van der Waals surface area contributed by atoms with Crippen LogP contribution in [0.2, 0.25) is 0 Å². The Labute approximate surface area is 145 Å². The monoisotopic (exact) mass is 334 g/mol. The number of fused-ring (bicyclic) bond motifs is 1. The van der Waals surface area contributed by atoms with Gasteiger partial charge in [-0.05, 0) is 37.6 Å². The van der Waals surface area contributed by atoms with E-state index in [4.69, 9.17) is 0 Å². The zero-order valence-electron chi connectivity index (χ0n) is 14.1. The van der Waals surface area contributed by atoms with Gasteiger partial charge in [-0.2, -0.15) is 0 Å². The average molecular weight is 334 g/mol. The predicted molar refractivity (Wildman–Crippen MR) is 90.9 cm³/mol. The molecule has 1 aliphatic rings. The van der Waals surface area contributed by atoms with E-state index in [1.54, 1.807) is 31.7 Å². The van der Waals surface area contributed by atoms with E-state index in [-0.39, 0.29) is 11.9 Å². The standard InChI is InChI=1S/C18H18N6O/c1-11-9-15(23-12(2)22-11)18(25)24-8-5-14-16(21-10-20-14)17(24)13-3-6-19-7-4-13/h3-4,6-7,9-10,17H,5,8H2,1-2H3,(H,20,21). The van der Waals surface area contributed by atoms with Crippen LogP contribution >= 0.6 is 0 Å². The minimum Gasteiger partial charge on any atom is -0.348 e. The number of amides is 1. The minimum absolute atomic E-state index is 0.107. The molecule has 4 heterocycles. The Morgan fingerprint density at radius 1 is 1.24 bits per heavy atom. The first-order valence-corrected chi connectivity index (χ1v) is 8.19. The number of carbonyl (C=O) groups is 1. The molecule has 0 aromatic carbocycles. The number of aromatic amines is 1. The Kier molecular flexibility index (Phi) is 3.76. The number of hydrogen-bond acceptors (Lipinski definition) is 5. The molecule has 0 aliphatic carbocycles. The van der Waals surface area contributed by atoms with Gasteiger partial charge in [0.15, 0.2) is 0 Å². The Balaban J connectivity index is 1.78. The third kappa shape index (κ3) is 2.77. The molecule has 1 atom stereocenters. The van der Waals surface area contributed by atoms with Gasteiger partial charge in [0.25, 0.3) is 5.91 Å². The normalized spacial score (nSPS) is 16.6. The van der Waals surface area contributed by atoms with Crippen LogP contribution in [0.5, 0.6) is 0 Å². The van der Waals surface area contributed by atoms with Gasteiger partial charge in [-0.25, -0.2) is 15.0 Å². The summed E-state index contributed by atoms with van der Waals surface area (Å²) >= 11 is 0. The van der Waals surface area contributed by atoms with Crippen LogP contribution in [0.4, 0.5) is 0 Å². The van der Waals surface area contributed by atoms with Crippen molar-refractivity contribution in [3.8, 4) is 0 Å². The van der Waals surface area contributed by atoms with Gasteiger partial charge in [0.2, 0.25) is 0 Å². The lowest BCUT2D eigenvalue weighted by Gasteiger charge is -2.35. The topological polar surface area (TPSA) is 87.7 Å². The summed E-state index contributed by atoms with van der Waals surface area (Å²) in [6, 6.07) is 5.33. The van der Waals surface area contributed by atoms with Crippen LogP contribution in [0.15, 0.2) is 36.9 Å². The first kappa shape index (κ1) is 15.4. The van der Waals surface area contributed by atoms with E-state index >= 15 is 0 Å². The molecular weight excluding hydrogens is 316 g/mol. The molecule has 7 heteroatoms. The van der Waals surface area contributed by atoms with Crippen molar-refractivity contribution in [1.29, 1.82) is 0 Å². The van der Waals surface area contributed by atoms with Crippen molar-refractivity contribution >= 4 is 5.91 Å². The maximum Gasteiger partial charge on any atom is 0.273 e. The number of hydrogen-bond donors (Lipinski definition) is 1. The van der Waals surface area contributed by atoms with Crippen molar-refractivity contribution in [2.45, 2.75) is 26.3 Å². The molecule has 0 saturated carbocycles. The summed E-state index contributed by atoms with van der Waals surface area (Å²) in [6.07, 6.45) is 5.90. The minimum atomic E-state index is -0.249. The highest BCUT2D eigenvalue weighted by Crippen LogP contribution is 2.33. The molecule has 1 amide bonds. The Bertz CT molecular complexity index is 900. The number of rotatable bonds is 2. The number of H-pyrrole nitrogens is 1. The number of imidazole rings is 1. The van der Waals surface area contributed by atoms with Gasteiger partial charge in [-0.1, -0.05) is 0 Å². The zero-order valence-corrected chi connectivity index (χ0v) is 14.1. The number of pyridine rings is 1. The molecule has 1 aliphatic heterocycles. The molecule has 1 unspecified atom stereocenters. The molecule has 3 aromatic heterocycles. The van der Waals surface area contributed by atoms with Gasteiger partial charge in [-0.3, -0.25) is 9.78 Å². The van der Waals surface area contributed by atoms with Crippen LogP contribution in [0.1, 0.15) is 45.0 Å². The summed E-state index contributed by atoms with van der Waals surface area (Å²) in [5.41, 5.74) is 4.14. The Morgan fingerprint density at radius 3 is 2.80 bits per heavy atom. The predicted octanol–water partition coefficient (Wildman–Crippen LogP) is 2.00. The number of aromatic nitrogens is 5. The van der Waals surface area contributed by atoms with Gasteiger partial charge in [0.1, 0.15) is 17.6 Å². The molecule has 126 valence electrons. The number of carbonyl (C=O) groups excluding carboxylic acids is 1. The zero-order chi connectivity index (χ0) is 17.4. The summed E-state index contributed by atoms with van der Waals surface area (Å²) in [7, 11) is 0. The van der Waals surface area contributed by atoms with E-state index in [2.05, 4.69) is 24.9 Å². The molecule has 0 spiro atoms. The fraction of sp³-hybridized carbons (Fsp3) is 0.278. The SMILES string of the molecule is Cc1cc(C(=O)N2CCc3[nH]cnc3C2c2ccncc2)nc(C)n1. The van der Waals surface area contributed by atoms with E-state index in [0.29, 0.717) is 18.1 Å². The van der Waals surface area contributed by atoms with Crippen LogP contribution in [0, 0.1) is 13.8 Å². The maximum absolute atomic E-state index is 13.2. The lowest BCUT2D eigenvalue weighted by Crippen LogP contribution is -2.41. The van der Waals surface area contributed by atoms with E-state index in [0.717, 1.165) is 29.1 Å². The van der Waals surface area contributed by atoms with Crippen molar-refractivity contribution in [2.75, 3.05) is 6.54 Å². The summed E-state index contributed by atoms with van der Waals surface area (Å²) in [5, 5.41) is 0. The Morgan fingerprint density at radius 2 is 2.04 bits per heavy atom. The van der Waals surface area contributed by atoms with Crippen LogP contribution in [-0.4, -0.2) is 42.3 Å². The molecule has 3 aromatic rings. The third-order valence-corrected chi connectivity index (χ3v) is 4.39. The van der Waals surface area contributed by atoms with E-state index in [1.165, 1.54) is 0 Å². The molecule has 7 nitrogen and oxygen atoms in total. The second-order valence-electron chi connectivity index (χ2n) is 6.14. The van der Waals surface area contributed by atoms with E-state index < -0.39 is 0 Å². The molecule has 1 N–H and O–H groups in total. The summed E-state index contributed by atoms with van der Waals surface area (Å²) in [6.45, 7) is 4.27. The van der Waals surface area contributed by atoms with Crippen LogP contribution in [0.3, 0.4) is 0 Å². The summed E-state index contributed by atoms with van der Waals surface area (Å²) < 4.78 is 0. The summed E-state index contributed by atoms with van der Waals surface area (Å²) in [4.78, 5) is 35.4. The van der Waals surface area contributed by atoms with E-state index in [1.807, 2.05) is 24.0 Å². The number of nitrogens with zero attached hydrogens (tertiary/aromatic N) is 5. The average Bonchev–Trinajstić information content (AvgIpc) is 3.09. The maximum atomic E-state index is 13.2. The molecule has 0 bridgehead atoms. The fourth-order valence-electron chi connectivity index (χ4n) is 3.35. The largest absolute Gasteiger partial charge is 0.348 e. The fourth-order valence-corrected chi connectivity index (χ4v) is 3.35. The molecule has 0 radical (unpaired) electrons. The van der Waals surface area contributed by atoms with Crippen LogP contribution in [-0.2, 0) is 6.42 Å². The second kappa shape index (κ2) is 6.08. The first-order chi connectivity index (χ1) is 12.1.